The van der Waals surface area contributed by atoms with Crippen LogP contribution < -0.4 is 56.6 Å². The molecule has 0 spiro atoms. The van der Waals surface area contributed by atoms with Gasteiger partial charge in [-0.25, -0.2) is 4.79 Å². The molecule has 2 N–H and O–H groups in total. The molecule has 0 bridgehead atoms. The van der Waals surface area contributed by atoms with Crippen LogP contribution in [0.5, 0.6) is 0 Å². The van der Waals surface area contributed by atoms with Crippen LogP contribution in [0.3, 0.4) is 0 Å². The Morgan fingerprint density at radius 3 is 1.40 bits per heavy atom. The number of allylic oxidation sites excluding steroid dienone is 1. The van der Waals surface area contributed by atoms with Crippen LogP contribution in [-0.2, 0) is 0 Å². The summed E-state index contributed by atoms with van der Waals surface area (Å²) in [5, 5.41) is 13.9. The maximum absolute atomic E-state index is 8.56. The van der Waals surface area contributed by atoms with Gasteiger partial charge in [0.15, 0.2) is 0 Å². The minimum Gasteiger partial charge on any atom is -1.00 e. The molecule has 0 atom stereocenters. The summed E-state index contributed by atoms with van der Waals surface area (Å²) in [5.41, 5.74) is 0. The molecule has 0 heterocycles. The maximum atomic E-state index is 8.56. The van der Waals surface area contributed by atoms with Crippen molar-refractivity contribution in [1.82, 2.24) is 0 Å². The Hall–Kier alpha value is 0.802. The molecule has 0 amide bonds. The number of carboxylic acid groups (broad SMARTS) is 2. The van der Waals surface area contributed by atoms with Gasteiger partial charge < -0.3 is 14.5 Å². The van der Waals surface area contributed by atoms with E-state index in [9.17, 15) is 0 Å². The van der Waals surface area contributed by atoms with Gasteiger partial charge in [-0.1, -0.05) is 6.08 Å². The average molecular weight is 128 g/mol. The van der Waals surface area contributed by atoms with Gasteiger partial charge in [-0.3, -0.25) is 0 Å². The Labute approximate surface area is 101 Å². The van der Waals surface area contributed by atoms with Crippen molar-refractivity contribution in [2.75, 3.05) is 0 Å². The standard InChI is InChI=1S/C3H6.CH2O3.3Li.3H/c1-3-2;2-1(3)4;;;;;;/h3H,1H2,2H3;(H2,2,3,4);;;;;;/q;;3*+1;3*-1. The van der Waals surface area contributed by atoms with E-state index in [0.717, 1.165) is 0 Å². The zero-order valence-corrected chi connectivity index (χ0v) is 7.09. The number of hydrogen-bond donors (Lipinski definition) is 2. The molecule has 0 saturated carbocycles. The van der Waals surface area contributed by atoms with E-state index in [0.29, 0.717) is 0 Å². The Morgan fingerprint density at radius 2 is 1.40 bits per heavy atom. The normalized spacial score (nSPS) is 3.70. The van der Waals surface area contributed by atoms with Crippen LogP contribution in [-0.4, -0.2) is 16.4 Å². The van der Waals surface area contributed by atoms with E-state index in [-0.39, 0.29) is 60.9 Å². The van der Waals surface area contributed by atoms with Gasteiger partial charge >= 0.3 is 62.7 Å². The summed E-state index contributed by atoms with van der Waals surface area (Å²) in [6.45, 7) is 5.25. The van der Waals surface area contributed by atoms with E-state index in [1.54, 1.807) is 6.08 Å². The van der Waals surface area contributed by atoms with Crippen molar-refractivity contribution >= 4 is 6.16 Å². The molecule has 0 unspecified atom stereocenters. The first-order valence-electron chi connectivity index (χ1n) is 1.64. The Morgan fingerprint density at radius 1 is 1.40 bits per heavy atom. The first-order chi connectivity index (χ1) is 3.15. The van der Waals surface area contributed by atoms with Gasteiger partial charge in [0, 0.05) is 0 Å². The van der Waals surface area contributed by atoms with Gasteiger partial charge in [0.25, 0.3) is 0 Å². The Kier molecular flexibility index (Phi) is 102. The zero-order valence-electron chi connectivity index (χ0n) is 10.1. The third kappa shape index (κ3) is 833. The molecule has 48 valence electrons. The molecule has 0 aromatic rings. The summed E-state index contributed by atoms with van der Waals surface area (Å²) in [4.78, 5) is 8.56. The van der Waals surface area contributed by atoms with E-state index in [2.05, 4.69) is 6.58 Å². The molecule has 6 heteroatoms. The molecule has 0 saturated heterocycles. The van der Waals surface area contributed by atoms with E-state index in [4.69, 9.17) is 15.0 Å². The van der Waals surface area contributed by atoms with Crippen molar-refractivity contribution in [3.05, 3.63) is 12.7 Å². The number of rotatable bonds is 0. The van der Waals surface area contributed by atoms with Gasteiger partial charge in [-0.2, -0.15) is 0 Å². The summed E-state index contributed by atoms with van der Waals surface area (Å²) in [7, 11) is 0. The van der Waals surface area contributed by atoms with Crippen molar-refractivity contribution in [2.45, 2.75) is 6.92 Å². The van der Waals surface area contributed by atoms with Gasteiger partial charge in [0.05, 0.1) is 0 Å². The fraction of sp³-hybridized carbons (Fsp3) is 0.250. The largest absolute Gasteiger partial charge is 1.00 e. The summed E-state index contributed by atoms with van der Waals surface area (Å²) in [6.07, 6.45) is -0.0833. The van der Waals surface area contributed by atoms with Crippen molar-refractivity contribution in [3.8, 4) is 0 Å². The van der Waals surface area contributed by atoms with Crippen LogP contribution in [0.15, 0.2) is 12.7 Å². The van der Waals surface area contributed by atoms with Crippen LogP contribution in [0.1, 0.15) is 11.2 Å². The topological polar surface area (TPSA) is 57.5 Å². The van der Waals surface area contributed by atoms with Crippen LogP contribution >= 0.6 is 0 Å². The SMILES string of the molecule is C=CC.O=C(O)O.[H-].[H-].[H-].[Li+].[Li+].[Li+]. The van der Waals surface area contributed by atoms with Crippen LogP contribution in [0.25, 0.3) is 0 Å². The predicted octanol–water partition coefficient (Wildman–Crippen LogP) is -7.24. The fourth-order valence-electron chi connectivity index (χ4n) is 0. The second-order valence-electron chi connectivity index (χ2n) is 0.691. The van der Waals surface area contributed by atoms with Gasteiger partial charge in [-0.15, -0.1) is 6.58 Å². The molecule has 0 aliphatic heterocycles. The Bertz CT molecular complexity index is 72.9. The van der Waals surface area contributed by atoms with Crippen LogP contribution in [0.2, 0.25) is 0 Å². The molecule has 0 aromatic carbocycles. The molecule has 0 aromatic heterocycles. The monoisotopic (exact) mass is 128 g/mol. The van der Waals surface area contributed by atoms with Crippen LogP contribution in [0.4, 0.5) is 4.79 Å². The maximum Gasteiger partial charge on any atom is 1.00 e. The minimum atomic E-state index is -1.83. The summed E-state index contributed by atoms with van der Waals surface area (Å²) in [6, 6.07) is 0. The molecule has 0 radical (unpaired) electrons. The fourth-order valence-corrected chi connectivity index (χ4v) is 0. The molecule has 0 fully saturated rings. The summed E-state index contributed by atoms with van der Waals surface area (Å²) in [5.74, 6) is 0. The molecule has 0 rings (SSSR count). The molecular formula is C4H11Li3O3. The molecule has 0 aliphatic rings. The number of carbonyl (C=O) groups is 1. The summed E-state index contributed by atoms with van der Waals surface area (Å²) >= 11 is 0. The average Bonchev–Trinajstić information content (AvgIpc) is 1.33. The molecule has 0 aliphatic carbocycles. The third-order valence-electron chi connectivity index (χ3n) is 0. The minimum absolute atomic E-state index is 0. The van der Waals surface area contributed by atoms with Crippen LogP contribution in [0, 0.1) is 0 Å². The van der Waals surface area contributed by atoms with E-state index >= 15 is 0 Å². The second-order valence-corrected chi connectivity index (χ2v) is 0.691. The molecular weight excluding hydrogens is 117 g/mol. The molecule has 3 nitrogen and oxygen atoms in total. The zero-order chi connectivity index (χ0) is 6.28. The number of hydrogen-bond acceptors (Lipinski definition) is 1. The van der Waals surface area contributed by atoms with Gasteiger partial charge in [0.2, 0.25) is 0 Å². The predicted molar refractivity (Wildman–Crippen MR) is 29.9 cm³/mol. The van der Waals surface area contributed by atoms with Gasteiger partial charge in [0.1, 0.15) is 0 Å². The van der Waals surface area contributed by atoms with Crippen molar-refractivity contribution in [1.29, 1.82) is 0 Å². The van der Waals surface area contributed by atoms with E-state index in [1.807, 2.05) is 6.92 Å². The second kappa shape index (κ2) is 32.9. The van der Waals surface area contributed by atoms with Crippen molar-refractivity contribution in [3.63, 3.8) is 0 Å². The van der Waals surface area contributed by atoms with E-state index < -0.39 is 6.16 Å². The molecule has 10 heavy (non-hydrogen) atoms. The van der Waals surface area contributed by atoms with E-state index in [1.165, 1.54) is 0 Å². The quantitative estimate of drug-likeness (QED) is 0.251. The smallest absolute Gasteiger partial charge is 1.00 e. The first-order valence-corrected chi connectivity index (χ1v) is 1.64. The Balaban J connectivity index is -0.00000000444. The first kappa shape index (κ1) is 30.8. The van der Waals surface area contributed by atoms with Crippen molar-refractivity contribution in [2.24, 2.45) is 0 Å². The van der Waals surface area contributed by atoms with Crippen molar-refractivity contribution < 1.29 is 75.9 Å². The third-order valence-corrected chi connectivity index (χ3v) is 0. The van der Waals surface area contributed by atoms with Gasteiger partial charge in [-0.05, 0) is 6.92 Å². The summed E-state index contributed by atoms with van der Waals surface area (Å²) < 4.78 is 0.